The number of rotatable bonds is 2. The van der Waals surface area contributed by atoms with Crippen LogP contribution in [0.4, 0.5) is 0 Å². The summed E-state index contributed by atoms with van der Waals surface area (Å²) in [5.41, 5.74) is -0.115. The molecule has 0 bridgehead atoms. The Kier molecular flexibility index (Phi) is 3.65. The molecule has 5 aliphatic rings. The maximum atomic E-state index is 11.9. The van der Waals surface area contributed by atoms with Crippen LogP contribution in [0.2, 0.25) is 0 Å². The lowest BCUT2D eigenvalue weighted by Crippen LogP contribution is -2.59. The highest BCUT2D eigenvalue weighted by atomic mass is 16.6. The standard InChI is InChI=1S/C22H32O5/c1-12(23)26-14-6-8-20(2)13(10-14)4-5-16-15(20)7-9-21(3)17(19(24)25)11-18-22(16,21)27-18/h13-18H,4-11H2,1-3H3,(H,24,25)/t13?,14-,15?,16?,17+,18+,20-,21+,22+/m0/s1. The Labute approximate surface area is 161 Å². The number of carbonyl (C=O) groups is 2. The number of carbonyl (C=O) groups excluding carboxylic acids is 1. The first-order chi connectivity index (χ1) is 12.7. The molecule has 0 aromatic carbocycles. The first-order valence-corrected chi connectivity index (χ1v) is 10.8. The lowest BCUT2D eigenvalue weighted by atomic mass is 9.44. The van der Waals surface area contributed by atoms with Gasteiger partial charge in [-0.1, -0.05) is 13.8 Å². The van der Waals surface area contributed by atoms with Crippen molar-refractivity contribution in [3.8, 4) is 0 Å². The van der Waals surface area contributed by atoms with Crippen LogP contribution < -0.4 is 0 Å². The predicted octanol–water partition coefficient (Wildman–Crippen LogP) is 3.79. The van der Waals surface area contributed by atoms with E-state index in [1.54, 1.807) is 0 Å². The Bertz CT molecular complexity index is 690. The van der Waals surface area contributed by atoms with Crippen molar-refractivity contribution < 1.29 is 24.2 Å². The van der Waals surface area contributed by atoms with Crippen molar-refractivity contribution in [1.29, 1.82) is 0 Å². The van der Waals surface area contributed by atoms with Gasteiger partial charge in [0.2, 0.25) is 0 Å². The number of ether oxygens (including phenoxy) is 2. The van der Waals surface area contributed by atoms with Crippen molar-refractivity contribution in [1.82, 2.24) is 0 Å². The zero-order valence-electron chi connectivity index (χ0n) is 16.7. The van der Waals surface area contributed by atoms with Gasteiger partial charge in [-0.05, 0) is 74.5 Å². The molecule has 5 rings (SSSR count). The second kappa shape index (κ2) is 5.49. The molecule has 5 fully saturated rings. The number of aliphatic carboxylic acids is 1. The van der Waals surface area contributed by atoms with Gasteiger partial charge >= 0.3 is 11.9 Å². The van der Waals surface area contributed by atoms with Gasteiger partial charge < -0.3 is 14.6 Å². The van der Waals surface area contributed by atoms with E-state index in [2.05, 4.69) is 13.8 Å². The highest BCUT2D eigenvalue weighted by molar-refractivity contribution is 5.73. The highest BCUT2D eigenvalue weighted by Gasteiger charge is 2.81. The molecule has 9 atom stereocenters. The van der Waals surface area contributed by atoms with Gasteiger partial charge in [0.25, 0.3) is 0 Å². The molecule has 27 heavy (non-hydrogen) atoms. The van der Waals surface area contributed by atoms with Crippen LogP contribution in [0.1, 0.15) is 72.1 Å². The smallest absolute Gasteiger partial charge is 0.307 e. The monoisotopic (exact) mass is 376 g/mol. The van der Waals surface area contributed by atoms with Crippen molar-refractivity contribution in [2.45, 2.75) is 89.9 Å². The number of hydrogen-bond donors (Lipinski definition) is 1. The molecule has 150 valence electrons. The third-order valence-electron chi connectivity index (χ3n) is 9.67. The Morgan fingerprint density at radius 3 is 2.52 bits per heavy atom. The molecular formula is C22H32O5. The van der Waals surface area contributed by atoms with E-state index < -0.39 is 5.97 Å². The van der Waals surface area contributed by atoms with Crippen LogP contribution in [0.25, 0.3) is 0 Å². The predicted molar refractivity (Wildman–Crippen MR) is 97.9 cm³/mol. The molecule has 1 aliphatic heterocycles. The molecule has 0 amide bonds. The normalized spacial score (nSPS) is 55.5. The van der Waals surface area contributed by atoms with Crippen LogP contribution in [0.5, 0.6) is 0 Å². The number of carboxylic acid groups (broad SMARTS) is 1. The van der Waals surface area contributed by atoms with Crippen LogP contribution in [0.15, 0.2) is 0 Å². The van der Waals surface area contributed by atoms with Crippen molar-refractivity contribution in [3.05, 3.63) is 0 Å². The van der Waals surface area contributed by atoms with E-state index in [0.29, 0.717) is 24.2 Å². The topological polar surface area (TPSA) is 76.1 Å². The van der Waals surface area contributed by atoms with Gasteiger partial charge in [0, 0.05) is 12.3 Å². The molecule has 1 saturated heterocycles. The fraction of sp³-hybridized carbons (Fsp3) is 0.909. The molecule has 1 spiro atoms. The number of carboxylic acids is 1. The van der Waals surface area contributed by atoms with E-state index in [-0.39, 0.29) is 40.5 Å². The Morgan fingerprint density at radius 2 is 1.81 bits per heavy atom. The van der Waals surface area contributed by atoms with E-state index in [4.69, 9.17) is 9.47 Å². The fourth-order valence-corrected chi connectivity index (χ4v) is 8.37. The summed E-state index contributed by atoms with van der Waals surface area (Å²) in [5.74, 6) is 0.670. The lowest BCUT2D eigenvalue weighted by molar-refractivity contribution is -0.172. The van der Waals surface area contributed by atoms with Gasteiger partial charge in [-0.2, -0.15) is 0 Å². The van der Waals surface area contributed by atoms with Crippen LogP contribution in [0, 0.1) is 34.5 Å². The van der Waals surface area contributed by atoms with Crippen LogP contribution in [-0.4, -0.2) is 34.9 Å². The van der Waals surface area contributed by atoms with E-state index in [9.17, 15) is 14.7 Å². The third kappa shape index (κ3) is 2.15. The highest BCUT2D eigenvalue weighted by Crippen LogP contribution is 2.76. The largest absolute Gasteiger partial charge is 0.481 e. The van der Waals surface area contributed by atoms with Crippen LogP contribution in [0.3, 0.4) is 0 Å². The van der Waals surface area contributed by atoms with E-state index >= 15 is 0 Å². The Morgan fingerprint density at radius 1 is 1.04 bits per heavy atom. The summed E-state index contributed by atoms with van der Waals surface area (Å²) in [5, 5.41) is 9.79. The first-order valence-electron chi connectivity index (χ1n) is 10.8. The summed E-state index contributed by atoms with van der Waals surface area (Å²) >= 11 is 0. The Balaban J connectivity index is 1.41. The van der Waals surface area contributed by atoms with Gasteiger partial charge in [-0.3, -0.25) is 9.59 Å². The summed E-state index contributed by atoms with van der Waals surface area (Å²) in [4.78, 5) is 23.3. The zero-order chi connectivity index (χ0) is 19.2. The summed E-state index contributed by atoms with van der Waals surface area (Å²) in [6.45, 7) is 6.16. The van der Waals surface area contributed by atoms with Crippen molar-refractivity contribution in [2.24, 2.45) is 34.5 Å². The van der Waals surface area contributed by atoms with Crippen LogP contribution in [-0.2, 0) is 19.1 Å². The lowest BCUT2D eigenvalue weighted by Gasteiger charge is -2.60. The van der Waals surface area contributed by atoms with E-state index in [0.717, 1.165) is 44.9 Å². The first kappa shape index (κ1) is 18.0. The van der Waals surface area contributed by atoms with Gasteiger partial charge in [0.15, 0.2) is 0 Å². The number of epoxide rings is 1. The van der Waals surface area contributed by atoms with Crippen molar-refractivity contribution in [2.75, 3.05) is 0 Å². The summed E-state index contributed by atoms with van der Waals surface area (Å²) in [6.07, 6.45) is 8.38. The summed E-state index contributed by atoms with van der Waals surface area (Å²) in [7, 11) is 0. The summed E-state index contributed by atoms with van der Waals surface area (Å²) < 4.78 is 11.9. The molecule has 5 heteroatoms. The molecule has 1 N–H and O–H groups in total. The molecule has 5 nitrogen and oxygen atoms in total. The molecule has 3 unspecified atom stereocenters. The average molecular weight is 376 g/mol. The maximum Gasteiger partial charge on any atom is 0.307 e. The molecular weight excluding hydrogens is 344 g/mol. The molecule has 0 aromatic rings. The van der Waals surface area contributed by atoms with Crippen molar-refractivity contribution >= 4 is 11.9 Å². The molecule has 0 aromatic heterocycles. The second-order valence-corrected chi connectivity index (χ2v) is 10.5. The van der Waals surface area contributed by atoms with Crippen molar-refractivity contribution in [3.63, 3.8) is 0 Å². The minimum atomic E-state index is -0.632. The Hall–Kier alpha value is -1.10. The molecule has 4 saturated carbocycles. The van der Waals surface area contributed by atoms with Gasteiger partial charge in [-0.15, -0.1) is 0 Å². The quantitative estimate of drug-likeness (QED) is 0.586. The maximum absolute atomic E-state index is 11.9. The van der Waals surface area contributed by atoms with Gasteiger partial charge in [0.05, 0.1) is 12.0 Å². The number of hydrogen-bond acceptors (Lipinski definition) is 4. The minimum absolute atomic E-state index is 0.0805. The van der Waals surface area contributed by atoms with Gasteiger partial charge in [-0.25, -0.2) is 0 Å². The SMILES string of the molecule is CC(=O)O[C@H]1CC[C@@]2(C)C(CCC3C2CC[C@]2(C)[C@@H](C(=O)O)C[C@H]4O[C@]342)C1. The molecule has 0 radical (unpaired) electrons. The minimum Gasteiger partial charge on any atom is -0.481 e. The zero-order valence-corrected chi connectivity index (χ0v) is 16.7. The van der Waals surface area contributed by atoms with E-state index in [1.807, 2.05) is 0 Å². The molecule has 4 aliphatic carbocycles. The fourth-order valence-electron chi connectivity index (χ4n) is 8.37. The van der Waals surface area contributed by atoms with Gasteiger partial charge in [0.1, 0.15) is 11.7 Å². The molecule has 1 heterocycles. The summed E-state index contributed by atoms with van der Waals surface area (Å²) in [6, 6.07) is 0. The van der Waals surface area contributed by atoms with Crippen LogP contribution >= 0.6 is 0 Å². The van der Waals surface area contributed by atoms with E-state index in [1.165, 1.54) is 6.92 Å². The average Bonchev–Trinajstić information content (AvgIpc) is 3.25. The number of fused-ring (bicyclic) bond motifs is 3. The third-order valence-corrected chi connectivity index (χ3v) is 9.67. The second-order valence-electron chi connectivity index (χ2n) is 10.5. The number of esters is 1.